The summed E-state index contributed by atoms with van der Waals surface area (Å²) >= 11 is 0. The fourth-order valence-corrected chi connectivity index (χ4v) is 2.02. The summed E-state index contributed by atoms with van der Waals surface area (Å²) in [5.41, 5.74) is 9.28. The summed E-state index contributed by atoms with van der Waals surface area (Å²) < 4.78 is 0. The maximum atomic E-state index is 10.9. The standard InChI is InChI=1S/C11H16N2O2/c1-7-6-8(2)11(13(14)15)9(3)10(7)4-5-12/h6H,4-5,12H2,1-3H3. The molecule has 0 bridgehead atoms. The van der Waals surface area contributed by atoms with Crippen LogP contribution < -0.4 is 5.73 Å². The zero-order chi connectivity index (χ0) is 11.6. The van der Waals surface area contributed by atoms with Crippen molar-refractivity contribution in [2.24, 2.45) is 5.73 Å². The fourth-order valence-electron chi connectivity index (χ4n) is 2.02. The number of hydrogen-bond acceptors (Lipinski definition) is 3. The molecule has 0 radical (unpaired) electrons. The van der Waals surface area contributed by atoms with Crippen LogP contribution in [0.2, 0.25) is 0 Å². The summed E-state index contributed by atoms with van der Waals surface area (Å²) in [5.74, 6) is 0. The SMILES string of the molecule is Cc1cc(C)c([N+](=O)[O-])c(C)c1CCN. The minimum absolute atomic E-state index is 0.226. The van der Waals surface area contributed by atoms with Crippen LogP contribution in [0.3, 0.4) is 0 Å². The molecule has 1 rings (SSSR count). The second-order valence-electron chi connectivity index (χ2n) is 3.76. The Hall–Kier alpha value is -1.42. The van der Waals surface area contributed by atoms with Crippen LogP contribution in [0, 0.1) is 30.9 Å². The van der Waals surface area contributed by atoms with Crippen molar-refractivity contribution in [2.45, 2.75) is 27.2 Å². The van der Waals surface area contributed by atoms with Gasteiger partial charge in [-0.15, -0.1) is 0 Å². The van der Waals surface area contributed by atoms with Gasteiger partial charge in [-0.1, -0.05) is 0 Å². The lowest BCUT2D eigenvalue weighted by molar-refractivity contribution is -0.386. The Balaban J connectivity index is 3.42. The molecule has 4 nitrogen and oxygen atoms in total. The Morgan fingerprint density at radius 2 is 1.93 bits per heavy atom. The van der Waals surface area contributed by atoms with Gasteiger partial charge < -0.3 is 5.73 Å². The van der Waals surface area contributed by atoms with Crippen LogP contribution in [0.4, 0.5) is 5.69 Å². The van der Waals surface area contributed by atoms with Gasteiger partial charge in [0.15, 0.2) is 0 Å². The second-order valence-corrected chi connectivity index (χ2v) is 3.76. The molecule has 0 aromatic heterocycles. The number of rotatable bonds is 3. The molecule has 0 saturated heterocycles. The summed E-state index contributed by atoms with van der Waals surface area (Å²) in [4.78, 5) is 10.6. The molecule has 2 N–H and O–H groups in total. The Morgan fingerprint density at radius 1 is 1.33 bits per heavy atom. The van der Waals surface area contributed by atoms with Crippen LogP contribution in [-0.4, -0.2) is 11.5 Å². The predicted molar refractivity (Wildman–Crippen MR) is 60.1 cm³/mol. The molecule has 4 heteroatoms. The van der Waals surface area contributed by atoms with E-state index in [0.717, 1.165) is 22.3 Å². The molecule has 15 heavy (non-hydrogen) atoms. The van der Waals surface area contributed by atoms with Gasteiger partial charge in [-0.25, -0.2) is 0 Å². The Bertz CT molecular complexity index is 400. The van der Waals surface area contributed by atoms with Crippen molar-refractivity contribution >= 4 is 5.69 Å². The number of hydrogen-bond donors (Lipinski definition) is 1. The average Bonchev–Trinajstić information content (AvgIpc) is 2.11. The summed E-state index contributed by atoms with van der Waals surface area (Å²) in [6.45, 7) is 6.05. The zero-order valence-electron chi connectivity index (χ0n) is 9.33. The highest BCUT2D eigenvalue weighted by atomic mass is 16.6. The van der Waals surface area contributed by atoms with Gasteiger partial charge in [-0.2, -0.15) is 0 Å². The van der Waals surface area contributed by atoms with Crippen LogP contribution >= 0.6 is 0 Å². The highest BCUT2D eigenvalue weighted by molar-refractivity contribution is 5.53. The molecular formula is C11H16N2O2. The third-order valence-corrected chi connectivity index (χ3v) is 2.67. The predicted octanol–water partition coefficient (Wildman–Crippen LogP) is 2.02. The smallest absolute Gasteiger partial charge is 0.275 e. The van der Waals surface area contributed by atoms with Crippen molar-refractivity contribution in [3.05, 3.63) is 38.4 Å². The third kappa shape index (κ3) is 2.15. The Morgan fingerprint density at radius 3 is 2.40 bits per heavy atom. The van der Waals surface area contributed by atoms with E-state index in [1.807, 2.05) is 13.0 Å². The van der Waals surface area contributed by atoms with Crippen molar-refractivity contribution in [1.82, 2.24) is 0 Å². The first-order valence-corrected chi connectivity index (χ1v) is 4.93. The van der Waals surface area contributed by atoms with Gasteiger partial charge in [-0.05, 0) is 50.9 Å². The van der Waals surface area contributed by atoms with Gasteiger partial charge in [0.2, 0.25) is 0 Å². The van der Waals surface area contributed by atoms with Gasteiger partial charge in [0.05, 0.1) is 4.92 Å². The van der Waals surface area contributed by atoms with E-state index in [-0.39, 0.29) is 10.6 Å². The molecule has 0 aliphatic carbocycles. The zero-order valence-corrected chi connectivity index (χ0v) is 9.33. The molecule has 0 spiro atoms. The van der Waals surface area contributed by atoms with Crippen LogP contribution in [0.1, 0.15) is 22.3 Å². The molecule has 1 aromatic carbocycles. The summed E-state index contributed by atoms with van der Waals surface area (Å²) in [6, 6.07) is 1.86. The van der Waals surface area contributed by atoms with E-state index in [4.69, 9.17) is 5.73 Å². The minimum Gasteiger partial charge on any atom is -0.330 e. The number of nitrogens with zero attached hydrogens (tertiary/aromatic N) is 1. The number of nitro benzene ring substituents is 1. The summed E-state index contributed by atoms with van der Waals surface area (Å²) in [5, 5.41) is 10.9. The van der Waals surface area contributed by atoms with Gasteiger partial charge in [-0.3, -0.25) is 10.1 Å². The molecule has 0 aliphatic rings. The van der Waals surface area contributed by atoms with Crippen molar-refractivity contribution in [3.8, 4) is 0 Å². The molecule has 1 aromatic rings. The van der Waals surface area contributed by atoms with E-state index in [9.17, 15) is 10.1 Å². The number of nitro groups is 1. The Kier molecular flexibility index (Phi) is 3.42. The highest BCUT2D eigenvalue weighted by Gasteiger charge is 2.18. The lowest BCUT2D eigenvalue weighted by Gasteiger charge is -2.11. The third-order valence-electron chi connectivity index (χ3n) is 2.67. The van der Waals surface area contributed by atoms with E-state index in [1.165, 1.54) is 0 Å². The molecule has 0 atom stereocenters. The number of nitrogens with two attached hydrogens (primary N) is 1. The second kappa shape index (κ2) is 4.40. The van der Waals surface area contributed by atoms with Crippen molar-refractivity contribution in [3.63, 3.8) is 0 Å². The molecular weight excluding hydrogens is 192 g/mol. The molecule has 82 valence electrons. The first kappa shape index (κ1) is 11.7. The van der Waals surface area contributed by atoms with E-state index >= 15 is 0 Å². The number of aryl methyl sites for hydroxylation is 2. The van der Waals surface area contributed by atoms with Crippen LogP contribution in [0.5, 0.6) is 0 Å². The van der Waals surface area contributed by atoms with Crippen molar-refractivity contribution in [1.29, 1.82) is 0 Å². The van der Waals surface area contributed by atoms with Crippen LogP contribution in [0.15, 0.2) is 6.07 Å². The highest BCUT2D eigenvalue weighted by Crippen LogP contribution is 2.28. The monoisotopic (exact) mass is 208 g/mol. The molecule has 0 amide bonds. The van der Waals surface area contributed by atoms with E-state index in [0.29, 0.717) is 13.0 Å². The molecule has 0 heterocycles. The molecule has 0 unspecified atom stereocenters. The van der Waals surface area contributed by atoms with Gasteiger partial charge in [0, 0.05) is 11.1 Å². The van der Waals surface area contributed by atoms with E-state index in [1.54, 1.807) is 13.8 Å². The maximum Gasteiger partial charge on any atom is 0.275 e. The molecule has 0 fully saturated rings. The number of benzene rings is 1. The topological polar surface area (TPSA) is 69.2 Å². The first-order valence-electron chi connectivity index (χ1n) is 4.93. The first-order chi connectivity index (χ1) is 6.99. The van der Waals surface area contributed by atoms with E-state index in [2.05, 4.69) is 0 Å². The Labute approximate surface area is 89.2 Å². The van der Waals surface area contributed by atoms with Crippen molar-refractivity contribution in [2.75, 3.05) is 6.54 Å². The van der Waals surface area contributed by atoms with Crippen LogP contribution in [0.25, 0.3) is 0 Å². The average molecular weight is 208 g/mol. The van der Waals surface area contributed by atoms with Gasteiger partial charge in [0.1, 0.15) is 0 Å². The molecule has 0 saturated carbocycles. The van der Waals surface area contributed by atoms with E-state index < -0.39 is 0 Å². The summed E-state index contributed by atoms with van der Waals surface area (Å²) in [6.07, 6.45) is 0.693. The van der Waals surface area contributed by atoms with Crippen molar-refractivity contribution < 1.29 is 4.92 Å². The maximum absolute atomic E-state index is 10.9. The fraction of sp³-hybridized carbons (Fsp3) is 0.455. The molecule has 0 aliphatic heterocycles. The lowest BCUT2D eigenvalue weighted by atomic mass is 9.95. The normalized spacial score (nSPS) is 10.4. The quantitative estimate of drug-likeness (QED) is 0.610. The summed E-state index contributed by atoms with van der Waals surface area (Å²) in [7, 11) is 0. The lowest BCUT2D eigenvalue weighted by Crippen LogP contribution is -2.08. The largest absolute Gasteiger partial charge is 0.330 e. The van der Waals surface area contributed by atoms with Crippen LogP contribution in [-0.2, 0) is 6.42 Å². The van der Waals surface area contributed by atoms with Gasteiger partial charge in [0.25, 0.3) is 5.69 Å². The van der Waals surface area contributed by atoms with Gasteiger partial charge >= 0.3 is 0 Å². The minimum atomic E-state index is -0.315.